The Morgan fingerprint density at radius 1 is 0.909 bits per heavy atom. The van der Waals surface area contributed by atoms with Gasteiger partial charge in [0, 0.05) is 6.04 Å². The van der Waals surface area contributed by atoms with Crippen molar-refractivity contribution in [2.75, 3.05) is 0 Å². The second-order valence-corrected chi connectivity index (χ2v) is 5.54. The van der Waals surface area contributed by atoms with Crippen molar-refractivity contribution in [3.63, 3.8) is 0 Å². The van der Waals surface area contributed by atoms with E-state index in [4.69, 9.17) is 0 Å². The molecule has 1 saturated carbocycles. The predicted octanol–water partition coefficient (Wildman–Crippen LogP) is 4.08. The van der Waals surface area contributed by atoms with Gasteiger partial charge in [-0.1, -0.05) is 13.3 Å². The number of rotatable bonds is 3. The molecule has 2 nitrogen and oxygen atoms in total. The normalized spacial score (nSPS) is 21.7. The first-order chi connectivity index (χ1) is 10.4. The molecule has 1 fully saturated rings. The van der Waals surface area contributed by atoms with Gasteiger partial charge in [0.2, 0.25) is 5.82 Å². The third-order valence-electron chi connectivity index (χ3n) is 4.20. The molecule has 0 aliphatic heterocycles. The largest absolute Gasteiger partial charge is 0.349 e. The van der Waals surface area contributed by atoms with Crippen LogP contribution >= 0.6 is 0 Å². The van der Waals surface area contributed by atoms with Crippen LogP contribution < -0.4 is 5.32 Å². The van der Waals surface area contributed by atoms with Crippen molar-refractivity contribution in [1.29, 1.82) is 0 Å². The fourth-order valence-electron chi connectivity index (χ4n) is 2.78. The van der Waals surface area contributed by atoms with Gasteiger partial charge in [-0.15, -0.1) is 0 Å². The lowest BCUT2D eigenvalue weighted by Gasteiger charge is -2.28. The van der Waals surface area contributed by atoms with Gasteiger partial charge in [0.1, 0.15) is 5.56 Å². The lowest BCUT2D eigenvalue weighted by Crippen LogP contribution is -2.38. The van der Waals surface area contributed by atoms with E-state index in [1.807, 2.05) is 0 Å². The number of hydrogen-bond acceptors (Lipinski definition) is 1. The second kappa shape index (κ2) is 6.62. The lowest BCUT2D eigenvalue weighted by molar-refractivity contribution is 0.0909. The van der Waals surface area contributed by atoms with Gasteiger partial charge >= 0.3 is 0 Å². The molecule has 1 amide bonds. The molecule has 0 spiro atoms. The van der Waals surface area contributed by atoms with E-state index in [1.165, 1.54) is 0 Å². The lowest BCUT2D eigenvalue weighted by atomic mass is 9.84. The van der Waals surface area contributed by atoms with Crippen molar-refractivity contribution in [3.8, 4) is 0 Å². The molecule has 7 heteroatoms. The van der Waals surface area contributed by atoms with Gasteiger partial charge < -0.3 is 5.32 Å². The van der Waals surface area contributed by atoms with Gasteiger partial charge in [0.05, 0.1) is 0 Å². The molecular weight excluding hydrogens is 305 g/mol. The maximum absolute atomic E-state index is 13.5. The highest BCUT2D eigenvalue weighted by atomic mass is 19.2. The minimum Gasteiger partial charge on any atom is -0.349 e. The van der Waals surface area contributed by atoms with Crippen LogP contribution in [-0.2, 0) is 0 Å². The monoisotopic (exact) mass is 321 g/mol. The van der Waals surface area contributed by atoms with Crippen LogP contribution in [0.5, 0.6) is 0 Å². The number of benzene rings is 1. The predicted molar refractivity (Wildman–Crippen MR) is 69.7 cm³/mol. The topological polar surface area (TPSA) is 29.1 Å². The summed E-state index contributed by atoms with van der Waals surface area (Å²) in [4.78, 5) is 11.9. The summed E-state index contributed by atoms with van der Waals surface area (Å²) >= 11 is 0. The number of halogens is 5. The van der Waals surface area contributed by atoms with Crippen LogP contribution in [0.4, 0.5) is 22.0 Å². The highest BCUT2D eigenvalue weighted by molar-refractivity contribution is 5.95. The molecule has 0 atom stereocenters. The Morgan fingerprint density at radius 3 is 1.82 bits per heavy atom. The van der Waals surface area contributed by atoms with Crippen LogP contribution in [0.25, 0.3) is 0 Å². The standard InChI is InChI=1S/C15H16F5NO/c1-2-7-3-5-8(6-4-7)21-15(22)9-10(16)12(18)14(20)13(19)11(9)17/h7-8H,2-6H2,1H3,(H,21,22). The molecular formula is C15H16F5NO. The van der Waals surface area contributed by atoms with Crippen LogP contribution in [0.1, 0.15) is 49.4 Å². The quantitative estimate of drug-likeness (QED) is 0.507. The fourth-order valence-corrected chi connectivity index (χ4v) is 2.78. The van der Waals surface area contributed by atoms with Crippen molar-refractivity contribution in [2.45, 2.75) is 45.1 Å². The second-order valence-electron chi connectivity index (χ2n) is 5.54. The molecule has 1 N–H and O–H groups in total. The number of amides is 1. The van der Waals surface area contributed by atoms with E-state index >= 15 is 0 Å². The van der Waals surface area contributed by atoms with Crippen molar-refractivity contribution in [3.05, 3.63) is 34.6 Å². The van der Waals surface area contributed by atoms with Gasteiger partial charge in [0.15, 0.2) is 23.3 Å². The minimum atomic E-state index is -2.27. The summed E-state index contributed by atoms with van der Waals surface area (Å²) < 4.78 is 66.2. The average molecular weight is 321 g/mol. The number of carbonyl (C=O) groups excluding carboxylic acids is 1. The van der Waals surface area contributed by atoms with Gasteiger partial charge in [-0.05, 0) is 31.6 Å². The van der Waals surface area contributed by atoms with Crippen LogP contribution in [-0.4, -0.2) is 11.9 Å². The first kappa shape index (κ1) is 16.7. The van der Waals surface area contributed by atoms with E-state index in [-0.39, 0.29) is 6.04 Å². The summed E-state index contributed by atoms with van der Waals surface area (Å²) in [6.45, 7) is 2.05. The van der Waals surface area contributed by atoms with E-state index in [0.29, 0.717) is 18.8 Å². The molecule has 1 aliphatic rings. The van der Waals surface area contributed by atoms with E-state index in [1.54, 1.807) is 0 Å². The Balaban J connectivity index is 2.17. The summed E-state index contributed by atoms with van der Waals surface area (Å²) in [6.07, 6.45) is 3.98. The van der Waals surface area contributed by atoms with Crippen LogP contribution in [0, 0.1) is 35.0 Å². The first-order valence-electron chi connectivity index (χ1n) is 7.19. The molecule has 1 aromatic carbocycles. The summed E-state index contributed by atoms with van der Waals surface area (Å²) in [5.41, 5.74) is -1.42. The Kier molecular flexibility index (Phi) is 5.03. The third-order valence-corrected chi connectivity index (χ3v) is 4.20. The van der Waals surface area contributed by atoms with Crippen molar-refractivity contribution >= 4 is 5.91 Å². The number of carbonyl (C=O) groups is 1. The zero-order valence-electron chi connectivity index (χ0n) is 12.0. The summed E-state index contributed by atoms with van der Waals surface area (Å²) in [5.74, 6) is -11.4. The maximum atomic E-state index is 13.5. The Hall–Kier alpha value is -1.66. The molecule has 122 valence electrons. The Labute approximate surface area is 124 Å². The van der Waals surface area contributed by atoms with Gasteiger partial charge in [-0.2, -0.15) is 0 Å². The molecule has 1 aliphatic carbocycles. The average Bonchev–Trinajstić information content (AvgIpc) is 2.52. The Morgan fingerprint density at radius 2 is 1.36 bits per heavy atom. The molecule has 22 heavy (non-hydrogen) atoms. The molecule has 0 bridgehead atoms. The molecule has 1 aromatic rings. The molecule has 0 radical (unpaired) electrons. The molecule has 0 heterocycles. The van der Waals surface area contributed by atoms with E-state index in [9.17, 15) is 26.7 Å². The summed E-state index contributed by atoms with van der Waals surface area (Å²) in [7, 11) is 0. The molecule has 0 saturated heterocycles. The van der Waals surface area contributed by atoms with Gasteiger partial charge in [-0.3, -0.25) is 4.79 Å². The summed E-state index contributed by atoms with van der Waals surface area (Å²) in [5, 5.41) is 2.36. The molecule has 0 aromatic heterocycles. The van der Waals surface area contributed by atoms with Gasteiger partial charge in [-0.25, -0.2) is 22.0 Å². The van der Waals surface area contributed by atoms with Crippen molar-refractivity contribution in [1.82, 2.24) is 5.32 Å². The zero-order chi connectivity index (χ0) is 16.4. The van der Waals surface area contributed by atoms with Crippen LogP contribution in [0.15, 0.2) is 0 Å². The van der Waals surface area contributed by atoms with Gasteiger partial charge in [0.25, 0.3) is 5.91 Å². The minimum absolute atomic E-state index is 0.315. The van der Waals surface area contributed by atoms with Crippen molar-refractivity contribution in [2.24, 2.45) is 5.92 Å². The first-order valence-corrected chi connectivity index (χ1v) is 7.19. The highest BCUT2D eigenvalue weighted by Gasteiger charge is 2.31. The summed E-state index contributed by atoms with van der Waals surface area (Å²) in [6, 6.07) is -0.315. The maximum Gasteiger partial charge on any atom is 0.257 e. The number of nitrogens with one attached hydrogen (secondary N) is 1. The SMILES string of the molecule is CCC1CCC(NC(=O)c2c(F)c(F)c(F)c(F)c2F)CC1. The van der Waals surface area contributed by atoms with Crippen LogP contribution in [0.2, 0.25) is 0 Å². The smallest absolute Gasteiger partial charge is 0.257 e. The third kappa shape index (κ3) is 3.08. The van der Waals surface area contributed by atoms with E-state index in [0.717, 1.165) is 19.3 Å². The molecule has 0 unspecified atom stereocenters. The van der Waals surface area contributed by atoms with Crippen molar-refractivity contribution < 1.29 is 26.7 Å². The van der Waals surface area contributed by atoms with E-state index < -0.39 is 40.6 Å². The molecule has 2 rings (SSSR count). The van der Waals surface area contributed by atoms with E-state index in [2.05, 4.69) is 12.2 Å². The number of hydrogen-bond donors (Lipinski definition) is 1. The Bertz CT molecular complexity index is 553. The fraction of sp³-hybridized carbons (Fsp3) is 0.533. The zero-order valence-corrected chi connectivity index (χ0v) is 12.0. The van der Waals surface area contributed by atoms with Crippen LogP contribution in [0.3, 0.4) is 0 Å². The highest BCUT2D eigenvalue weighted by Crippen LogP contribution is 2.27.